The maximum Gasteiger partial charge on any atom is 0.203 e. The van der Waals surface area contributed by atoms with Gasteiger partial charge in [-0.25, -0.2) is 0 Å². The minimum absolute atomic E-state index is 0.0476. The number of aliphatic hydroxyl groups is 3. The number of phenols is 5. The highest BCUT2D eigenvalue weighted by molar-refractivity contribution is 6.05. The first-order chi connectivity index (χ1) is 15.5. The van der Waals surface area contributed by atoms with Gasteiger partial charge in [0.15, 0.2) is 35.7 Å². The molecule has 12 nitrogen and oxygen atoms in total. The van der Waals surface area contributed by atoms with Gasteiger partial charge in [-0.3, -0.25) is 4.79 Å². The highest BCUT2D eigenvalue weighted by Gasteiger charge is 2.48. The summed E-state index contributed by atoms with van der Waals surface area (Å²) < 4.78 is 16.8. The van der Waals surface area contributed by atoms with E-state index in [-0.39, 0.29) is 16.9 Å². The molecule has 0 aliphatic carbocycles. The Morgan fingerprint density at radius 2 is 1.48 bits per heavy atom. The van der Waals surface area contributed by atoms with Gasteiger partial charge in [0.25, 0.3) is 0 Å². The van der Waals surface area contributed by atoms with Crippen molar-refractivity contribution in [1.82, 2.24) is 0 Å². The molecule has 0 spiro atoms. The maximum atomic E-state index is 13.3. The van der Waals surface area contributed by atoms with E-state index in [4.69, 9.17) is 14.2 Å². The van der Waals surface area contributed by atoms with Crippen LogP contribution in [0.15, 0.2) is 24.3 Å². The number of ketones is 1. The van der Waals surface area contributed by atoms with E-state index in [9.17, 15) is 45.6 Å². The summed E-state index contributed by atoms with van der Waals surface area (Å²) in [5, 5.41) is 79.7. The molecule has 0 bridgehead atoms. The molecule has 1 fully saturated rings. The summed E-state index contributed by atoms with van der Waals surface area (Å²) in [5.74, 6) is -4.40. The zero-order valence-electron chi connectivity index (χ0n) is 17.1. The van der Waals surface area contributed by atoms with Crippen LogP contribution >= 0.6 is 0 Å². The number of ether oxygens (including phenoxy) is 3. The number of Topliss-reactive ketones (excluding diaryl/α,β-unsaturated/α-hetero) is 1. The van der Waals surface area contributed by atoms with E-state index < -0.39 is 77.4 Å². The number of fused-ring (bicyclic) bond motifs is 1. The fourth-order valence-corrected chi connectivity index (χ4v) is 3.84. The van der Waals surface area contributed by atoms with Gasteiger partial charge in [-0.1, -0.05) is 0 Å². The van der Waals surface area contributed by atoms with Crippen LogP contribution in [0.2, 0.25) is 0 Å². The number of aliphatic hydroxyl groups excluding tert-OH is 3. The smallest absolute Gasteiger partial charge is 0.203 e. The zero-order chi connectivity index (χ0) is 24.2. The number of benzene rings is 2. The molecule has 2 heterocycles. The molecule has 0 amide bonds. The van der Waals surface area contributed by atoms with Gasteiger partial charge in [0.1, 0.15) is 41.1 Å². The topological polar surface area (TPSA) is 207 Å². The van der Waals surface area contributed by atoms with Crippen molar-refractivity contribution in [3.63, 3.8) is 0 Å². The first kappa shape index (κ1) is 22.9. The van der Waals surface area contributed by atoms with Crippen LogP contribution in [-0.4, -0.2) is 83.4 Å². The van der Waals surface area contributed by atoms with E-state index in [0.29, 0.717) is 0 Å². The van der Waals surface area contributed by atoms with Crippen molar-refractivity contribution in [1.29, 1.82) is 0 Å². The van der Waals surface area contributed by atoms with Gasteiger partial charge in [0.2, 0.25) is 5.78 Å². The molecule has 12 heteroatoms. The summed E-state index contributed by atoms with van der Waals surface area (Å²) in [4.78, 5) is 13.3. The third-order valence-electron chi connectivity index (χ3n) is 5.61. The van der Waals surface area contributed by atoms with Gasteiger partial charge in [0.05, 0.1) is 6.10 Å². The molecular formula is C21H22O12. The van der Waals surface area contributed by atoms with Crippen LogP contribution in [0.3, 0.4) is 0 Å². The first-order valence-electron chi connectivity index (χ1n) is 9.86. The van der Waals surface area contributed by atoms with Crippen LogP contribution in [-0.2, 0) is 9.47 Å². The Bertz CT molecular complexity index is 1060. The zero-order valence-corrected chi connectivity index (χ0v) is 17.1. The molecule has 2 aromatic carbocycles. The molecule has 33 heavy (non-hydrogen) atoms. The standard InChI is InChI=1S/C21H22O12/c1-6-14(26)17(29)18(30)21(31-6)33-20-16(28)13-9(23)4-8(22)5-12(13)32-19(20)7-2-10(24)15(27)11(25)3-7/h2-6,14,17-27,29-30H,1H3/t6-,14-,17+,18+,19-,20+,21-/m1/s1. The predicted molar refractivity (Wildman–Crippen MR) is 106 cm³/mol. The predicted octanol–water partition coefficient (Wildman–Crippen LogP) is -0.256. The number of rotatable bonds is 3. The summed E-state index contributed by atoms with van der Waals surface area (Å²) in [6.45, 7) is 1.41. The molecule has 1 saturated heterocycles. The number of carbonyl (C=O) groups is 1. The van der Waals surface area contributed by atoms with Crippen LogP contribution in [0.25, 0.3) is 0 Å². The van der Waals surface area contributed by atoms with E-state index in [0.717, 1.165) is 24.3 Å². The minimum Gasteiger partial charge on any atom is -0.508 e. The van der Waals surface area contributed by atoms with E-state index in [2.05, 4.69) is 0 Å². The number of hydrogen-bond acceptors (Lipinski definition) is 12. The normalized spacial score (nSPS) is 31.6. The van der Waals surface area contributed by atoms with Crippen molar-refractivity contribution in [2.45, 2.75) is 49.8 Å². The van der Waals surface area contributed by atoms with E-state index in [1.807, 2.05) is 0 Å². The van der Waals surface area contributed by atoms with Crippen LogP contribution < -0.4 is 4.74 Å². The molecular weight excluding hydrogens is 444 g/mol. The summed E-state index contributed by atoms with van der Waals surface area (Å²) >= 11 is 0. The molecule has 7 atom stereocenters. The highest BCUT2D eigenvalue weighted by Crippen LogP contribution is 2.46. The Morgan fingerprint density at radius 3 is 2.12 bits per heavy atom. The van der Waals surface area contributed by atoms with Crippen molar-refractivity contribution < 1.29 is 59.9 Å². The Kier molecular flexibility index (Phi) is 5.72. The van der Waals surface area contributed by atoms with Gasteiger partial charge in [-0.15, -0.1) is 0 Å². The van der Waals surface area contributed by atoms with E-state index >= 15 is 0 Å². The second kappa shape index (κ2) is 8.24. The largest absolute Gasteiger partial charge is 0.508 e. The third kappa shape index (κ3) is 3.87. The Labute approximate surface area is 186 Å². The number of hydrogen-bond donors (Lipinski definition) is 8. The fourth-order valence-electron chi connectivity index (χ4n) is 3.84. The summed E-state index contributed by atoms with van der Waals surface area (Å²) in [6.07, 6.45) is -10.5. The lowest BCUT2D eigenvalue weighted by atomic mass is 9.92. The molecule has 0 aromatic heterocycles. The Balaban J connectivity index is 1.78. The quantitative estimate of drug-likeness (QED) is 0.275. The molecule has 178 valence electrons. The van der Waals surface area contributed by atoms with Gasteiger partial charge < -0.3 is 55.1 Å². The van der Waals surface area contributed by atoms with Crippen LogP contribution in [0.5, 0.6) is 34.5 Å². The third-order valence-corrected chi connectivity index (χ3v) is 5.61. The van der Waals surface area contributed by atoms with Crippen molar-refractivity contribution in [3.8, 4) is 34.5 Å². The minimum atomic E-state index is -1.76. The summed E-state index contributed by atoms with van der Waals surface area (Å²) in [6, 6.07) is 3.96. The monoisotopic (exact) mass is 466 g/mol. The number of carbonyl (C=O) groups excluding carboxylic acids is 1. The van der Waals surface area contributed by atoms with Crippen LogP contribution in [0, 0.1) is 0 Å². The molecule has 8 N–H and O–H groups in total. The maximum absolute atomic E-state index is 13.3. The summed E-state index contributed by atoms with van der Waals surface area (Å²) in [7, 11) is 0. The summed E-state index contributed by atoms with van der Waals surface area (Å²) in [5.41, 5.74) is -0.395. The Morgan fingerprint density at radius 1 is 0.848 bits per heavy atom. The lowest BCUT2D eigenvalue weighted by Crippen LogP contribution is -2.59. The lowest BCUT2D eigenvalue weighted by molar-refractivity contribution is -0.304. The number of phenolic OH excluding ortho intramolecular Hbond substituents is 5. The average molecular weight is 466 g/mol. The highest BCUT2D eigenvalue weighted by atomic mass is 16.7. The molecule has 4 rings (SSSR count). The van der Waals surface area contributed by atoms with Crippen molar-refractivity contribution in [3.05, 3.63) is 35.4 Å². The SMILES string of the molecule is C[C@H]1O[C@H](O[C@H]2C(=O)c3c(O)cc(O)cc3O[C@@H]2c2cc(O)c(O)c(O)c2)[C@@H](O)[C@@H](O)[C@@H]1O. The fraction of sp³-hybridized carbons (Fsp3) is 0.381. The van der Waals surface area contributed by atoms with Gasteiger partial charge in [-0.05, 0) is 19.1 Å². The lowest BCUT2D eigenvalue weighted by Gasteiger charge is -2.42. The van der Waals surface area contributed by atoms with Crippen LogP contribution in [0.1, 0.15) is 28.9 Å². The van der Waals surface area contributed by atoms with Crippen molar-refractivity contribution in [2.75, 3.05) is 0 Å². The van der Waals surface area contributed by atoms with Crippen molar-refractivity contribution >= 4 is 5.78 Å². The molecule has 2 aliphatic heterocycles. The van der Waals surface area contributed by atoms with Crippen molar-refractivity contribution in [2.24, 2.45) is 0 Å². The molecule has 0 unspecified atom stereocenters. The van der Waals surface area contributed by atoms with Gasteiger partial charge in [0, 0.05) is 17.7 Å². The second-order valence-corrected chi connectivity index (χ2v) is 7.89. The molecule has 2 aromatic rings. The first-order valence-corrected chi connectivity index (χ1v) is 9.86. The Hall–Kier alpha value is -3.29. The molecule has 0 saturated carbocycles. The van der Waals surface area contributed by atoms with E-state index in [1.54, 1.807) is 0 Å². The second-order valence-electron chi connectivity index (χ2n) is 7.89. The van der Waals surface area contributed by atoms with E-state index in [1.165, 1.54) is 6.92 Å². The van der Waals surface area contributed by atoms with Crippen LogP contribution in [0.4, 0.5) is 0 Å². The van der Waals surface area contributed by atoms with Gasteiger partial charge >= 0.3 is 0 Å². The number of aromatic hydroxyl groups is 5. The molecule has 2 aliphatic rings. The van der Waals surface area contributed by atoms with Gasteiger partial charge in [-0.2, -0.15) is 0 Å². The molecule has 0 radical (unpaired) electrons. The average Bonchev–Trinajstić information content (AvgIpc) is 2.74.